The second-order valence-electron chi connectivity index (χ2n) is 9.70. The zero-order valence-corrected chi connectivity index (χ0v) is 20.4. The third kappa shape index (κ3) is 6.66. The number of carbonyl (C=O) groups excluding carboxylic acids is 2. The number of nitrogens with one attached hydrogen (secondary N) is 1. The number of halogens is 1. The first-order chi connectivity index (χ1) is 15.5. The molecule has 1 aromatic rings. The van der Waals surface area contributed by atoms with Gasteiger partial charge < -0.3 is 15.0 Å². The summed E-state index contributed by atoms with van der Waals surface area (Å²) in [4.78, 5) is 27.2. The van der Waals surface area contributed by atoms with E-state index < -0.39 is 27.5 Å². The van der Waals surface area contributed by atoms with E-state index in [4.69, 9.17) is 4.74 Å². The van der Waals surface area contributed by atoms with Crippen LogP contribution in [0, 0.1) is 11.7 Å². The molecule has 2 fully saturated rings. The molecule has 0 bridgehead atoms. The maximum absolute atomic E-state index is 13.3. The maximum Gasteiger partial charge on any atom is 0.407 e. The summed E-state index contributed by atoms with van der Waals surface area (Å²) in [6.45, 7) is 6.84. The number of alkyl carbamates (subject to hydrolysis) is 1. The first-order valence-corrected chi connectivity index (χ1v) is 12.9. The summed E-state index contributed by atoms with van der Waals surface area (Å²) in [5, 5.41) is 2.78. The Labute approximate surface area is 195 Å². The van der Waals surface area contributed by atoms with Crippen LogP contribution in [0.1, 0.15) is 52.9 Å². The first-order valence-electron chi connectivity index (χ1n) is 11.5. The molecule has 8 nitrogen and oxygen atoms in total. The number of hydrogen-bond donors (Lipinski definition) is 1. The molecule has 2 amide bonds. The summed E-state index contributed by atoms with van der Waals surface area (Å²) in [5.41, 5.74) is -0.589. The number of ether oxygens (including phenoxy) is 1. The van der Waals surface area contributed by atoms with Crippen molar-refractivity contribution in [2.45, 2.75) is 69.4 Å². The molecule has 10 heteroatoms. The molecule has 0 aliphatic carbocycles. The highest BCUT2D eigenvalue weighted by atomic mass is 32.2. The summed E-state index contributed by atoms with van der Waals surface area (Å²) in [6.07, 6.45) is 3.06. The lowest BCUT2D eigenvalue weighted by Crippen LogP contribution is -2.53. The van der Waals surface area contributed by atoms with Gasteiger partial charge in [-0.1, -0.05) is 0 Å². The molecule has 1 N–H and O–H groups in total. The summed E-state index contributed by atoms with van der Waals surface area (Å²) in [5.74, 6) is -0.730. The minimum atomic E-state index is -3.72. The van der Waals surface area contributed by atoms with Crippen LogP contribution in [-0.2, 0) is 19.6 Å². The predicted molar refractivity (Wildman–Crippen MR) is 121 cm³/mol. The molecule has 184 valence electrons. The molecule has 2 aliphatic rings. The molecule has 0 spiro atoms. The van der Waals surface area contributed by atoms with Crippen molar-refractivity contribution in [3.63, 3.8) is 0 Å². The quantitative estimate of drug-likeness (QED) is 0.694. The second-order valence-corrected chi connectivity index (χ2v) is 11.6. The number of amides is 2. The van der Waals surface area contributed by atoms with Gasteiger partial charge in [0.05, 0.1) is 4.90 Å². The molecule has 0 aromatic heterocycles. The summed E-state index contributed by atoms with van der Waals surface area (Å²) < 4.78 is 45.5. The van der Waals surface area contributed by atoms with Crippen LogP contribution in [0.25, 0.3) is 0 Å². The van der Waals surface area contributed by atoms with E-state index in [2.05, 4.69) is 5.32 Å². The number of rotatable bonds is 5. The Balaban J connectivity index is 1.57. The molecular weight excluding hydrogens is 449 g/mol. The molecule has 0 radical (unpaired) electrons. The summed E-state index contributed by atoms with van der Waals surface area (Å²) >= 11 is 0. The molecule has 0 saturated carbocycles. The molecule has 1 atom stereocenters. The van der Waals surface area contributed by atoms with E-state index in [1.807, 2.05) is 4.90 Å². The standard InChI is InChI=1S/C23H34FN3O5S/c1-23(2,3)32-22(29)25-16-19-6-4-5-13-27(19)21(28)17-11-14-26(15-12-17)33(30,31)20-9-7-18(24)8-10-20/h7-10,17,19H,4-6,11-16H2,1-3H3,(H,25,29). The number of likely N-dealkylation sites (tertiary alicyclic amines) is 1. The second kappa shape index (κ2) is 10.4. The maximum atomic E-state index is 13.3. The van der Waals surface area contributed by atoms with Crippen molar-refractivity contribution in [1.82, 2.24) is 14.5 Å². The fraction of sp³-hybridized carbons (Fsp3) is 0.652. The zero-order valence-electron chi connectivity index (χ0n) is 19.5. The summed E-state index contributed by atoms with van der Waals surface area (Å²) in [6, 6.07) is 4.69. The SMILES string of the molecule is CC(C)(C)OC(=O)NCC1CCCCN1C(=O)C1CCN(S(=O)(=O)c2ccc(F)cc2)CC1. The van der Waals surface area contributed by atoms with Crippen LogP contribution in [0.2, 0.25) is 0 Å². The van der Waals surface area contributed by atoms with Crippen molar-refractivity contribution in [2.75, 3.05) is 26.2 Å². The van der Waals surface area contributed by atoms with Crippen LogP contribution >= 0.6 is 0 Å². The monoisotopic (exact) mass is 483 g/mol. The van der Waals surface area contributed by atoms with Crippen LogP contribution < -0.4 is 5.32 Å². The van der Waals surface area contributed by atoms with Gasteiger partial charge in [0.2, 0.25) is 15.9 Å². The highest BCUT2D eigenvalue weighted by Crippen LogP contribution is 2.28. The van der Waals surface area contributed by atoms with Gasteiger partial charge in [-0.25, -0.2) is 17.6 Å². The van der Waals surface area contributed by atoms with Gasteiger partial charge in [0.25, 0.3) is 0 Å². The van der Waals surface area contributed by atoms with Gasteiger partial charge in [-0.3, -0.25) is 4.79 Å². The van der Waals surface area contributed by atoms with Crippen molar-refractivity contribution >= 4 is 22.0 Å². The Morgan fingerprint density at radius 2 is 1.70 bits per heavy atom. The van der Waals surface area contributed by atoms with E-state index in [0.717, 1.165) is 31.4 Å². The lowest BCUT2D eigenvalue weighted by molar-refractivity contribution is -0.140. The highest BCUT2D eigenvalue weighted by molar-refractivity contribution is 7.89. The van der Waals surface area contributed by atoms with E-state index in [1.165, 1.54) is 16.4 Å². The van der Waals surface area contributed by atoms with E-state index in [-0.39, 0.29) is 35.9 Å². The van der Waals surface area contributed by atoms with Crippen molar-refractivity contribution < 1.29 is 27.1 Å². The number of carbonyl (C=O) groups is 2. The third-order valence-electron chi connectivity index (χ3n) is 6.05. The smallest absolute Gasteiger partial charge is 0.407 e. The average Bonchev–Trinajstić information content (AvgIpc) is 2.76. The Kier molecular flexibility index (Phi) is 8.00. The fourth-order valence-electron chi connectivity index (χ4n) is 4.35. The normalized spacial score (nSPS) is 21.0. The summed E-state index contributed by atoms with van der Waals surface area (Å²) in [7, 11) is -3.72. The predicted octanol–water partition coefficient (Wildman–Crippen LogP) is 3.13. The Morgan fingerprint density at radius 3 is 2.30 bits per heavy atom. The topological polar surface area (TPSA) is 96.0 Å². The molecule has 2 saturated heterocycles. The molecule has 1 aromatic carbocycles. The van der Waals surface area contributed by atoms with Gasteiger partial charge in [0, 0.05) is 38.1 Å². The zero-order chi connectivity index (χ0) is 24.2. The van der Waals surface area contributed by atoms with Gasteiger partial charge in [0.15, 0.2) is 0 Å². The van der Waals surface area contributed by atoms with Crippen LogP contribution in [0.4, 0.5) is 9.18 Å². The molecule has 2 aliphatic heterocycles. The minimum Gasteiger partial charge on any atom is -0.444 e. The fourth-order valence-corrected chi connectivity index (χ4v) is 5.82. The van der Waals surface area contributed by atoms with Gasteiger partial charge >= 0.3 is 6.09 Å². The van der Waals surface area contributed by atoms with E-state index >= 15 is 0 Å². The highest BCUT2D eigenvalue weighted by Gasteiger charge is 2.36. The molecule has 3 rings (SSSR count). The lowest BCUT2D eigenvalue weighted by Gasteiger charge is -2.40. The number of nitrogens with zero attached hydrogens (tertiary/aromatic N) is 2. The minimum absolute atomic E-state index is 0.0181. The van der Waals surface area contributed by atoms with Gasteiger partial charge in [-0.15, -0.1) is 0 Å². The van der Waals surface area contributed by atoms with Crippen LogP contribution in [0.3, 0.4) is 0 Å². The van der Waals surface area contributed by atoms with E-state index in [9.17, 15) is 22.4 Å². The van der Waals surface area contributed by atoms with Crippen molar-refractivity contribution in [1.29, 1.82) is 0 Å². The lowest BCUT2D eigenvalue weighted by atomic mass is 9.93. The van der Waals surface area contributed by atoms with Crippen LogP contribution in [0.5, 0.6) is 0 Å². The third-order valence-corrected chi connectivity index (χ3v) is 7.96. The number of benzene rings is 1. The number of hydrogen-bond acceptors (Lipinski definition) is 5. The Morgan fingerprint density at radius 1 is 1.06 bits per heavy atom. The van der Waals surface area contributed by atoms with Crippen molar-refractivity contribution in [3.05, 3.63) is 30.1 Å². The largest absolute Gasteiger partial charge is 0.444 e. The molecule has 2 heterocycles. The molecule has 33 heavy (non-hydrogen) atoms. The van der Waals surface area contributed by atoms with Crippen molar-refractivity contribution in [3.8, 4) is 0 Å². The molecule has 1 unspecified atom stereocenters. The van der Waals surface area contributed by atoms with E-state index in [1.54, 1.807) is 20.8 Å². The Bertz CT molecular complexity index is 938. The Hall–Kier alpha value is -2.20. The number of sulfonamides is 1. The van der Waals surface area contributed by atoms with Gasteiger partial charge in [-0.2, -0.15) is 4.31 Å². The van der Waals surface area contributed by atoms with Gasteiger partial charge in [0.1, 0.15) is 11.4 Å². The molecular formula is C23H34FN3O5S. The van der Waals surface area contributed by atoms with E-state index in [0.29, 0.717) is 25.9 Å². The van der Waals surface area contributed by atoms with Crippen LogP contribution in [0.15, 0.2) is 29.2 Å². The number of piperidine rings is 2. The van der Waals surface area contributed by atoms with Crippen molar-refractivity contribution in [2.24, 2.45) is 5.92 Å². The first kappa shape index (κ1) is 25.4. The average molecular weight is 484 g/mol. The van der Waals surface area contributed by atoms with Gasteiger partial charge in [-0.05, 0) is 77.1 Å². The van der Waals surface area contributed by atoms with Crippen LogP contribution in [-0.4, -0.2) is 67.4 Å².